The van der Waals surface area contributed by atoms with Crippen molar-refractivity contribution in [1.29, 1.82) is 0 Å². The number of anilines is 2. The number of hydrogen-bond donors (Lipinski definition) is 1. The van der Waals surface area contributed by atoms with Gasteiger partial charge in [-0.15, -0.1) is 0 Å². The third-order valence-electron chi connectivity index (χ3n) is 4.19. The van der Waals surface area contributed by atoms with Gasteiger partial charge in [0, 0.05) is 25.5 Å². The molecular weight excluding hydrogens is 298 g/mol. The monoisotopic (exact) mass is 325 g/mol. The summed E-state index contributed by atoms with van der Waals surface area (Å²) in [6, 6.07) is 8.16. The molecule has 1 aromatic carbocycles. The summed E-state index contributed by atoms with van der Waals surface area (Å²) in [4.78, 5) is 18.5. The second kappa shape index (κ2) is 8.48. The zero-order valence-electron chi connectivity index (χ0n) is 15.1. The molecule has 2 rings (SSSR count). The van der Waals surface area contributed by atoms with E-state index in [0.29, 0.717) is 5.56 Å². The molecule has 128 valence electrons. The summed E-state index contributed by atoms with van der Waals surface area (Å²) >= 11 is 0. The molecule has 4 nitrogen and oxygen atoms in total. The number of unbranched alkanes of at least 4 members (excludes halogenated alkanes) is 1. The molecule has 0 aliphatic heterocycles. The SMILES string of the molecule is CCCCN(C)C(=O)c1cncc(Nc2c(C)cccc2CC)c1. The van der Waals surface area contributed by atoms with Gasteiger partial charge in [-0.3, -0.25) is 9.78 Å². The van der Waals surface area contributed by atoms with E-state index in [4.69, 9.17) is 0 Å². The second-order valence-corrected chi connectivity index (χ2v) is 6.13. The number of hydrogen-bond acceptors (Lipinski definition) is 3. The smallest absolute Gasteiger partial charge is 0.255 e. The molecule has 0 unspecified atom stereocenters. The van der Waals surface area contributed by atoms with Crippen molar-refractivity contribution in [1.82, 2.24) is 9.88 Å². The predicted molar refractivity (Wildman–Crippen MR) is 99.9 cm³/mol. The van der Waals surface area contributed by atoms with E-state index in [9.17, 15) is 4.79 Å². The first-order valence-corrected chi connectivity index (χ1v) is 8.62. The average Bonchev–Trinajstić information content (AvgIpc) is 2.61. The highest BCUT2D eigenvalue weighted by atomic mass is 16.2. The lowest BCUT2D eigenvalue weighted by Gasteiger charge is -2.18. The highest BCUT2D eigenvalue weighted by molar-refractivity contribution is 5.94. The van der Waals surface area contributed by atoms with Gasteiger partial charge in [0.05, 0.1) is 17.4 Å². The Morgan fingerprint density at radius 2 is 2.04 bits per heavy atom. The number of benzene rings is 1. The largest absolute Gasteiger partial charge is 0.354 e. The highest BCUT2D eigenvalue weighted by Gasteiger charge is 2.13. The minimum Gasteiger partial charge on any atom is -0.354 e. The molecule has 0 aliphatic rings. The van der Waals surface area contributed by atoms with Crippen molar-refractivity contribution in [2.45, 2.75) is 40.0 Å². The molecule has 1 N–H and O–H groups in total. The Hall–Kier alpha value is -2.36. The van der Waals surface area contributed by atoms with E-state index < -0.39 is 0 Å². The fraction of sp³-hybridized carbons (Fsp3) is 0.400. The molecule has 24 heavy (non-hydrogen) atoms. The van der Waals surface area contributed by atoms with Gasteiger partial charge in [0.15, 0.2) is 0 Å². The summed E-state index contributed by atoms with van der Waals surface area (Å²) in [6.45, 7) is 7.12. The van der Waals surface area contributed by atoms with Crippen molar-refractivity contribution < 1.29 is 4.79 Å². The number of carbonyl (C=O) groups excluding carboxylic acids is 1. The van der Waals surface area contributed by atoms with Crippen LogP contribution in [-0.4, -0.2) is 29.4 Å². The van der Waals surface area contributed by atoms with Gasteiger partial charge in [0.1, 0.15) is 0 Å². The van der Waals surface area contributed by atoms with Crippen LogP contribution in [0.2, 0.25) is 0 Å². The van der Waals surface area contributed by atoms with Crippen LogP contribution in [0.15, 0.2) is 36.7 Å². The maximum absolute atomic E-state index is 12.5. The van der Waals surface area contributed by atoms with E-state index in [1.54, 1.807) is 17.3 Å². The van der Waals surface area contributed by atoms with Gasteiger partial charge in [0.2, 0.25) is 0 Å². The Kier molecular flexibility index (Phi) is 6.36. The summed E-state index contributed by atoms with van der Waals surface area (Å²) in [5.74, 6) is 0.0140. The molecule has 0 saturated heterocycles. The summed E-state index contributed by atoms with van der Waals surface area (Å²) < 4.78 is 0. The van der Waals surface area contributed by atoms with Crippen LogP contribution < -0.4 is 5.32 Å². The number of nitrogens with one attached hydrogen (secondary N) is 1. The number of aromatic nitrogens is 1. The van der Waals surface area contributed by atoms with Crippen molar-refractivity contribution in [3.63, 3.8) is 0 Å². The van der Waals surface area contributed by atoms with Crippen LogP contribution in [0.3, 0.4) is 0 Å². The lowest BCUT2D eigenvalue weighted by Crippen LogP contribution is -2.27. The van der Waals surface area contributed by atoms with Gasteiger partial charge < -0.3 is 10.2 Å². The topological polar surface area (TPSA) is 45.2 Å². The fourth-order valence-electron chi connectivity index (χ4n) is 2.69. The summed E-state index contributed by atoms with van der Waals surface area (Å²) in [6.07, 6.45) is 6.43. The number of amides is 1. The van der Waals surface area contributed by atoms with E-state index in [1.165, 1.54) is 11.1 Å². The number of aryl methyl sites for hydroxylation is 2. The van der Waals surface area contributed by atoms with Crippen LogP contribution in [0, 0.1) is 6.92 Å². The van der Waals surface area contributed by atoms with Crippen LogP contribution in [0.4, 0.5) is 11.4 Å². The van der Waals surface area contributed by atoms with E-state index in [-0.39, 0.29) is 5.91 Å². The highest BCUT2D eigenvalue weighted by Crippen LogP contribution is 2.25. The van der Waals surface area contributed by atoms with Crippen molar-refractivity contribution in [2.75, 3.05) is 18.9 Å². The maximum atomic E-state index is 12.5. The Morgan fingerprint density at radius 1 is 1.25 bits per heavy atom. The predicted octanol–water partition coefficient (Wildman–Crippen LogP) is 4.57. The van der Waals surface area contributed by atoms with Gasteiger partial charge in [0.25, 0.3) is 5.91 Å². The number of rotatable bonds is 7. The fourth-order valence-corrected chi connectivity index (χ4v) is 2.69. The van der Waals surface area contributed by atoms with E-state index in [1.807, 2.05) is 13.1 Å². The Morgan fingerprint density at radius 3 is 2.75 bits per heavy atom. The van der Waals surface area contributed by atoms with Crippen LogP contribution in [0.25, 0.3) is 0 Å². The maximum Gasteiger partial charge on any atom is 0.255 e. The molecule has 0 radical (unpaired) electrons. The molecule has 0 spiro atoms. The minimum absolute atomic E-state index is 0.0140. The normalized spacial score (nSPS) is 10.5. The second-order valence-electron chi connectivity index (χ2n) is 6.13. The number of pyridine rings is 1. The van der Waals surface area contributed by atoms with Gasteiger partial charge in [-0.25, -0.2) is 0 Å². The van der Waals surface area contributed by atoms with E-state index in [2.05, 4.69) is 49.3 Å². The molecular formula is C20H27N3O. The first kappa shape index (κ1) is 18.0. The lowest BCUT2D eigenvalue weighted by molar-refractivity contribution is 0.0793. The minimum atomic E-state index is 0.0140. The molecule has 4 heteroatoms. The third kappa shape index (κ3) is 4.34. The van der Waals surface area contributed by atoms with Gasteiger partial charge in [-0.05, 0) is 37.0 Å². The molecule has 1 aromatic heterocycles. The zero-order chi connectivity index (χ0) is 17.5. The molecule has 2 aromatic rings. The van der Waals surface area contributed by atoms with E-state index >= 15 is 0 Å². The molecule has 0 aliphatic carbocycles. The summed E-state index contributed by atoms with van der Waals surface area (Å²) in [5, 5.41) is 3.44. The van der Waals surface area contributed by atoms with Crippen LogP contribution >= 0.6 is 0 Å². The van der Waals surface area contributed by atoms with Gasteiger partial charge in [-0.2, -0.15) is 0 Å². The molecule has 0 bridgehead atoms. The van der Waals surface area contributed by atoms with E-state index in [0.717, 1.165) is 37.2 Å². The first-order valence-electron chi connectivity index (χ1n) is 8.62. The Bertz CT molecular complexity index is 697. The zero-order valence-corrected chi connectivity index (χ0v) is 15.1. The van der Waals surface area contributed by atoms with Gasteiger partial charge in [-0.1, -0.05) is 38.5 Å². The van der Waals surface area contributed by atoms with Crippen LogP contribution in [0.5, 0.6) is 0 Å². The molecule has 0 saturated carbocycles. The van der Waals surface area contributed by atoms with Crippen LogP contribution in [0.1, 0.15) is 48.2 Å². The van der Waals surface area contributed by atoms with Crippen LogP contribution in [-0.2, 0) is 6.42 Å². The van der Waals surface area contributed by atoms with Crippen molar-refractivity contribution >= 4 is 17.3 Å². The lowest BCUT2D eigenvalue weighted by atomic mass is 10.1. The van der Waals surface area contributed by atoms with Crippen molar-refractivity contribution in [3.8, 4) is 0 Å². The third-order valence-corrected chi connectivity index (χ3v) is 4.19. The molecule has 0 fully saturated rings. The quantitative estimate of drug-likeness (QED) is 0.811. The van der Waals surface area contributed by atoms with Gasteiger partial charge >= 0.3 is 0 Å². The average molecular weight is 325 g/mol. The Balaban J connectivity index is 2.21. The molecule has 0 atom stereocenters. The molecule has 1 amide bonds. The number of nitrogens with zero attached hydrogens (tertiary/aromatic N) is 2. The first-order chi connectivity index (χ1) is 11.6. The molecule has 1 heterocycles. The summed E-state index contributed by atoms with van der Waals surface area (Å²) in [7, 11) is 1.84. The van der Waals surface area contributed by atoms with Crippen molar-refractivity contribution in [3.05, 3.63) is 53.3 Å². The number of para-hydroxylation sites is 1. The summed E-state index contributed by atoms with van der Waals surface area (Å²) in [5.41, 5.74) is 5.00. The standard InChI is InChI=1S/C20H27N3O/c1-5-7-11-23(4)20(24)17-12-18(14-21-13-17)22-19-15(3)9-8-10-16(19)6-2/h8-10,12-14,22H,5-7,11H2,1-4H3. The number of carbonyl (C=O) groups is 1. The van der Waals surface area contributed by atoms with Crippen molar-refractivity contribution in [2.24, 2.45) is 0 Å². The Labute approximate surface area is 144 Å².